The number of hydrazine groups is 1. The van der Waals surface area contributed by atoms with E-state index in [1.165, 1.54) is 32.2 Å². The van der Waals surface area contributed by atoms with Crippen LogP contribution in [0.5, 0.6) is 0 Å². The molecule has 0 unspecified atom stereocenters. The molecule has 2 atom stereocenters. The quantitative estimate of drug-likeness (QED) is 0.745. The van der Waals surface area contributed by atoms with Crippen LogP contribution in [0.15, 0.2) is 0 Å². The Morgan fingerprint density at radius 3 is 3.07 bits per heavy atom. The predicted molar refractivity (Wildman–Crippen MR) is 61.5 cm³/mol. The van der Waals surface area contributed by atoms with Crippen molar-refractivity contribution in [1.82, 2.24) is 10.4 Å². The van der Waals surface area contributed by atoms with Gasteiger partial charge in [0.25, 0.3) is 0 Å². The van der Waals surface area contributed by atoms with Crippen LogP contribution in [-0.4, -0.2) is 18.1 Å². The normalized spacial score (nSPS) is 27.2. The Bertz CT molecular complexity index is 147. The summed E-state index contributed by atoms with van der Waals surface area (Å²) in [5.74, 6) is 1.65. The van der Waals surface area contributed by atoms with Gasteiger partial charge in [0.05, 0.1) is 0 Å². The molecule has 1 heterocycles. The first-order chi connectivity index (χ1) is 6.72. The third-order valence-electron chi connectivity index (χ3n) is 3.12. The Morgan fingerprint density at radius 1 is 1.57 bits per heavy atom. The molecule has 0 bridgehead atoms. The first kappa shape index (κ1) is 12.0. The Balaban J connectivity index is 2.21. The zero-order chi connectivity index (χ0) is 10.4. The molecular formula is C12H25N2. The molecule has 2 heteroatoms. The molecule has 1 fully saturated rings. The molecule has 2 nitrogen and oxygen atoms in total. The van der Waals surface area contributed by atoms with E-state index in [-0.39, 0.29) is 0 Å². The maximum Gasteiger partial charge on any atom is 0.0415 e. The van der Waals surface area contributed by atoms with Crippen LogP contribution in [0.3, 0.4) is 0 Å². The molecule has 1 saturated heterocycles. The third kappa shape index (κ3) is 4.43. The first-order valence-electron chi connectivity index (χ1n) is 6.05. The van der Waals surface area contributed by atoms with Crippen molar-refractivity contribution < 1.29 is 0 Å². The highest BCUT2D eigenvalue weighted by Gasteiger charge is 2.14. The Kier molecular flexibility index (Phi) is 5.49. The van der Waals surface area contributed by atoms with Crippen LogP contribution in [0.25, 0.3) is 0 Å². The highest BCUT2D eigenvalue weighted by molar-refractivity contribution is 4.73. The van der Waals surface area contributed by atoms with Gasteiger partial charge in [-0.05, 0) is 31.1 Å². The zero-order valence-electron chi connectivity index (χ0n) is 9.92. The van der Waals surface area contributed by atoms with Crippen LogP contribution in [0.1, 0.15) is 46.5 Å². The summed E-state index contributed by atoms with van der Waals surface area (Å²) < 4.78 is 0. The minimum atomic E-state index is 0.815. The van der Waals surface area contributed by atoms with Crippen molar-refractivity contribution in [3.63, 3.8) is 0 Å². The standard InChI is InChI=1S/C12H25N2/c1-4-11(2)7-9-14-10-12(3)6-5-8-13-14/h9,11-13H,4-8,10H2,1-3H3/t11-,12-/m0/s1. The maximum atomic E-state index is 3.47. The van der Waals surface area contributed by atoms with Crippen molar-refractivity contribution in [1.29, 1.82) is 0 Å². The molecule has 0 saturated carbocycles. The fourth-order valence-electron chi connectivity index (χ4n) is 1.78. The number of hydrogen-bond acceptors (Lipinski definition) is 2. The van der Waals surface area contributed by atoms with Crippen molar-refractivity contribution in [2.45, 2.75) is 46.5 Å². The first-order valence-corrected chi connectivity index (χ1v) is 6.05. The van der Waals surface area contributed by atoms with E-state index in [9.17, 15) is 0 Å². The summed E-state index contributed by atoms with van der Waals surface area (Å²) in [6.45, 7) is 11.6. The summed E-state index contributed by atoms with van der Waals surface area (Å²) in [5, 5.41) is 2.31. The molecule has 0 aromatic heterocycles. The summed E-state index contributed by atoms with van der Waals surface area (Å²) in [4.78, 5) is 0. The highest BCUT2D eigenvalue weighted by Crippen LogP contribution is 2.15. The molecular weight excluding hydrogens is 172 g/mol. The Labute approximate surface area is 89.0 Å². The van der Waals surface area contributed by atoms with E-state index >= 15 is 0 Å². The molecule has 0 spiro atoms. The largest absolute Gasteiger partial charge is 0.255 e. The van der Waals surface area contributed by atoms with Crippen LogP contribution < -0.4 is 5.43 Å². The minimum Gasteiger partial charge on any atom is -0.255 e. The number of rotatable bonds is 4. The average molecular weight is 197 g/mol. The van der Waals surface area contributed by atoms with Crippen LogP contribution in [-0.2, 0) is 0 Å². The molecule has 0 amide bonds. The average Bonchev–Trinajstić information content (AvgIpc) is 2.39. The van der Waals surface area contributed by atoms with Crippen molar-refractivity contribution >= 4 is 0 Å². The van der Waals surface area contributed by atoms with E-state index in [1.54, 1.807) is 0 Å². The molecule has 1 aliphatic rings. The summed E-state index contributed by atoms with van der Waals surface area (Å²) in [6.07, 6.45) is 5.16. The van der Waals surface area contributed by atoms with Gasteiger partial charge in [-0.3, -0.25) is 5.43 Å². The lowest BCUT2D eigenvalue weighted by Gasteiger charge is -2.23. The monoisotopic (exact) mass is 197 g/mol. The molecule has 0 aromatic carbocycles. The molecule has 83 valence electrons. The molecule has 14 heavy (non-hydrogen) atoms. The van der Waals surface area contributed by atoms with Crippen LogP contribution >= 0.6 is 0 Å². The van der Waals surface area contributed by atoms with Gasteiger partial charge in [-0.15, -0.1) is 0 Å². The number of nitrogens with one attached hydrogen (secondary N) is 1. The van der Waals surface area contributed by atoms with Gasteiger partial charge in [-0.1, -0.05) is 27.2 Å². The second kappa shape index (κ2) is 6.41. The Morgan fingerprint density at radius 2 is 2.36 bits per heavy atom. The van der Waals surface area contributed by atoms with Crippen molar-refractivity contribution in [2.24, 2.45) is 11.8 Å². The van der Waals surface area contributed by atoms with Crippen LogP contribution in [0.4, 0.5) is 0 Å². The van der Waals surface area contributed by atoms with Gasteiger partial charge in [0, 0.05) is 19.6 Å². The lowest BCUT2D eigenvalue weighted by Crippen LogP contribution is -2.37. The molecule has 0 aliphatic carbocycles. The smallest absolute Gasteiger partial charge is 0.0415 e. The van der Waals surface area contributed by atoms with Gasteiger partial charge < -0.3 is 0 Å². The van der Waals surface area contributed by atoms with Crippen molar-refractivity contribution in [3.05, 3.63) is 6.54 Å². The summed E-state index contributed by atoms with van der Waals surface area (Å²) in [6, 6.07) is 0. The van der Waals surface area contributed by atoms with E-state index in [1.807, 2.05) is 0 Å². The molecule has 1 radical (unpaired) electrons. The van der Waals surface area contributed by atoms with E-state index in [2.05, 4.69) is 37.8 Å². The fourth-order valence-corrected chi connectivity index (χ4v) is 1.78. The molecule has 1 aliphatic heterocycles. The van der Waals surface area contributed by atoms with E-state index in [4.69, 9.17) is 0 Å². The third-order valence-corrected chi connectivity index (χ3v) is 3.12. The van der Waals surface area contributed by atoms with E-state index in [0.717, 1.165) is 18.4 Å². The SMILES string of the molecule is CC[C@H](C)C[CH]N1C[C@@H](C)CCCN1. The van der Waals surface area contributed by atoms with Gasteiger partial charge in [0.15, 0.2) is 0 Å². The summed E-state index contributed by atoms with van der Waals surface area (Å²) >= 11 is 0. The second-order valence-corrected chi connectivity index (χ2v) is 4.74. The predicted octanol–water partition coefficient (Wildman–Crippen LogP) is 2.82. The van der Waals surface area contributed by atoms with E-state index < -0.39 is 0 Å². The molecule has 1 rings (SSSR count). The van der Waals surface area contributed by atoms with Gasteiger partial charge in [-0.25, -0.2) is 5.01 Å². The Hall–Kier alpha value is -0.0800. The van der Waals surface area contributed by atoms with E-state index in [0.29, 0.717) is 0 Å². The summed E-state index contributed by atoms with van der Waals surface area (Å²) in [7, 11) is 0. The van der Waals surface area contributed by atoms with Crippen LogP contribution in [0, 0.1) is 18.4 Å². The van der Waals surface area contributed by atoms with Gasteiger partial charge >= 0.3 is 0 Å². The van der Waals surface area contributed by atoms with Crippen LogP contribution in [0.2, 0.25) is 0 Å². The fraction of sp³-hybridized carbons (Fsp3) is 0.917. The summed E-state index contributed by atoms with van der Waals surface area (Å²) in [5.41, 5.74) is 3.47. The lowest BCUT2D eigenvalue weighted by atomic mass is 10.0. The van der Waals surface area contributed by atoms with Gasteiger partial charge in [0.1, 0.15) is 0 Å². The van der Waals surface area contributed by atoms with Crippen molar-refractivity contribution in [2.75, 3.05) is 13.1 Å². The maximum absolute atomic E-state index is 3.47. The lowest BCUT2D eigenvalue weighted by molar-refractivity contribution is 0.215. The number of hydrogen-bond donors (Lipinski definition) is 1. The number of nitrogens with zero attached hydrogens (tertiary/aromatic N) is 1. The van der Waals surface area contributed by atoms with Gasteiger partial charge in [-0.2, -0.15) is 0 Å². The zero-order valence-corrected chi connectivity index (χ0v) is 9.92. The minimum absolute atomic E-state index is 0.815. The van der Waals surface area contributed by atoms with Gasteiger partial charge in [0.2, 0.25) is 0 Å². The second-order valence-electron chi connectivity index (χ2n) is 4.74. The van der Waals surface area contributed by atoms with Crippen molar-refractivity contribution in [3.8, 4) is 0 Å². The molecule has 1 N–H and O–H groups in total. The molecule has 0 aromatic rings. The topological polar surface area (TPSA) is 15.3 Å². The highest BCUT2D eigenvalue weighted by atomic mass is 15.5.